The lowest BCUT2D eigenvalue weighted by Crippen LogP contribution is -2.18. The summed E-state index contributed by atoms with van der Waals surface area (Å²) in [6.07, 6.45) is -2.31. The summed E-state index contributed by atoms with van der Waals surface area (Å²) < 4.78 is 70.0. The van der Waals surface area contributed by atoms with E-state index in [0.717, 1.165) is 0 Å². The van der Waals surface area contributed by atoms with Gasteiger partial charge in [0.25, 0.3) is 10.0 Å². The number of halogens is 2. The maximum absolute atomic E-state index is 13.1. The Bertz CT molecular complexity index is 1230. The number of nitrogens with zero attached hydrogens (tertiary/aromatic N) is 1. The average molecular weight is 483 g/mol. The Morgan fingerprint density at radius 2 is 2.03 bits per heavy atom. The number of esters is 1. The quantitative estimate of drug-likeness (QED) is 0.317. The number of ether oxygens (including phenoxy) is 3. The number of methoxy groups -OCH3 is 1. The van der Waals surface area contributed by atoms with Crippen molar-refractivity contribution in [3.05, 3.63) is 47.8 Å². The minimum Gasteiger partial charge on any atom is -0.491 e. The van der Waals surface area contributed by atoms with Gasteiger partial charge in [0.1, 0.15) is 18.1 Å². The summed E-state index contributed by atoms with van der Waals surface area (Å²) in [6.45, 7) is 2.31. The number of benzene rings is 1. The van der Waals surface area contributed by atoms with Crippen molar-refractivity contribution in [2.45, 2.75) is 24.8 Å². The Labute approximate surface area is 189 Å². The molecule has 0 saturated carbocycles. The zero-order valence-corrected chi connectivity index (χ0v) is 18.7. The van der Waals surface area contributed by atoms with Gasteiger partial charge in [0.2, 0.25) is 6.43 Å². The molecule has 0 bridgehead atoms. The Morgan fingerprint density at radius 3 is 2.73 bits per heavy atom. The molecule has 0 aliphatic carbocycles. The van der Waals surface area contributed by atoms with Crippen molar-refractivity contribution in [3.8, 4) is 5.75 Å². The minimum atomic E-state index is -4.36. The van der Waals surface area contributed by atoms with Gasteiger partial charge in [-0.05, 0) is 30.7 Å². The van der Waals surface area contributed by atoms with E-state index in [1.54, 1.807) is 13.0 Å². The van der Waals surface area contributed by atoms with Crippen molar-refractivity contribution in [1.82, 2.24) is 9.97 Å². The smallest absolute Gasteiger partial charge is 0.354 e. The molecule has 12 heteroatoms. The number of hydrogen-bond donors (Lipinski definition) is 2. The first-order valence-electron chi connectivity index (χ1n) is 9.95. The van der Waals surface area contributed by atoms with Gasteiger partial charge >= 0.3 is 5.97 Å². The van der Waals surface area contributed by atoms with E-state index < -0.39 is 33.9 Å². The van der Waals surface area contributed by atoms with Crippen LogP contribution >= 0.6 is 0 Å². The molecule has 0 atom stereocenters. The summed E-state index contributed by atoms with van der Waals surface area (Å²) in [7, 11) is -2.85. The molecule has 1 aromatic carbocycles. The Hall–Kier alpha value is -3.25. The number of sulfonamides is 1. The van der Waals surface area contributed by atoms with Crippen LogP contribution in [-0.4, -0.2) is 57.7 Å². The van der Waals surface area contributed by atoms with E-state index >= 15 is 0 Å². The highest BCUT2D eigenvalue weighted by Gasteiger charge is 2.24. The monoisotopic (exact) mass is 483 g/mol. The van der Waals surface area contributed by atoms with Gasteiger partial charge < -0.3 is 19.2 Å². The van der Waals surface area contributed by atoms with Crippen LogP contribution < -0.4 is 9.46 Å². The number of rotatable bonds is 11. The molecule has 2 heterocycles. The molecule has 0 amide bonds. The van der Waals surface area contributed by atoms with Crippen molar-refractivity contribution in [3.63, 3.8) is 0 Å². The fourth-order valence-electron chi connectivity index (χ4n) is 3.12. The summed E-state index contributed by atoms with van der Waals surface area (Å²) in [5.41, 5.74) is 0.316. The van der Waals surface area contributed by atoms with E-state index in [2.05, 4.69) is 14.7 Å². The summed E-state index contributed by atoms with van der Waals surface area (Å²) in [6, 6.07) is 7.19. The maximum atomic E-state index is 13.1. The molecule has 33 heavy (non-hydrogen) atoms. The average Bonchev–Trinajstić information content (AvgIpc) is 3.18. The molecule has 3 rings (SSSR count). The summed E-state index contributed by atoms with van der Waals surface area (Å²) in [5.74, 6) is -0.311. The molecule has 3 aromatic rings. The van der Waals surface area contributed by atoms with E-state index in [-0.39, 0.29) is 35.7 Å². The topological polar surface area (TPSA) is 120 Å². The van der Waals surface area contributed by atoms with Crippen LogP contribution in [0.4, 0.5) is 14.5 Å². The normalized spacial score (nSPS) is 11.7. The number of fused-ring (bicyclic) bond motifs is 1. The van der Waals surface area contributed by atoms with Gasteiger partial charge in [-0.1, -0.05) is 6.07 Å². The number of carbonyl (C=O) groups is 1. The number of carbonyl (C=O) groups excluding carboxylic acids is 1. The number of H-pyrrole nitrogens is 1. The molecular formula is C21H23F2N3O6S. The summed E-state index contributed by atoms with van der Waals surface area (Å²) in [4.78, 5) is 18.8. The molecule has 0 fully saturated rings. The van der Waals surface area contributed by atoms with Crippen molar-refractivity contribution >= 4 is 32.6 Å². The number of aromatic amines is 1. The number of alkyl halides is 2. The van der Waals surface area contributed by atoms with Gasteiger partial charge in [-0.2, -0.15) is 8.42 Å². The van der Waals surface area contributed by atoms with E-state index in [4.69, 9.17) is 14.2 Å². The molecular weight excluding hydrogens is 460 g/mol. The molecule has 0 radical (unpaired) electrons. The molecule has 0 aliphatic rings. The molecule has 178 valence electrons. The largest absolute Gasteiger partial charge is 0.491 e. The number of hydrogen-bond acceptors (Lipinski definition) is 7. The summed E-state index contributed by atoms with van der Waals surface area (Å²) in [5, 5.41) is -0.0409. The number of aromatic nitrogens is 2. The van der Waals surface area contributed by atoms with E-state index in [9.17, 15) is 22.0 Å². The highest BCUT2D eigenvalue weighted by molar-refractivity contribution is 7.92. The summed E-state index contributed by atoms with van der Waals surface area (Å²) >= 11 is 0. The zero-order valence-electron chi connectivity index (χ0n) is 17.9. The highest BCUT2D eigenvalue weighted by Crippen LogP contribution is 2.32. The predicted octanol–water partition coefficient (Wildman–Crippen LogP) is 3.37. The molecule has 2 N–H and O–H groups in total. The van der Waals surface area contributed by atoms with Crippen LogP contribution in [0.1, 0.15) is 23.0 Å². The Morgan fingerprint density at radius 1 is 1.24 bits per heavy atom. The lowest BCUT2D eigenvalue weighted by molar-refractivity contribution is 0.0520. The lowest BCUT2D eigenvalue weighted by atomic mass is 10.2. The third-order valence-electron chi connectivity index (χ3n) is 4.48. The molecule has 0 spiro atoms. The maximum Gasteiger partial charge on any atom is 0.354 e. The standard InChI is InChI=1S/C21H23F2N3O6S/c1-3-31-21(27)17-10-14-9-15(32-8-7-30-2)12-16(19(14)25-17)26-33(28,29)20-13(11-18(22)23)5-4-6-24-20/h4-6,9-10,12,18,25-26H,3,7-8,11H2,1-2H3. The molecule has 9 nitrogen and oxygen atoms in total. The third-order valence-corrected chi connectivity index (χ3v) is 5.84. The van der Waals surface area contributed by atoms with E-state index in [1.165, 1.54) is 37.6 Å². The Balaban J connectivity index is 2.05. The van der Waals surface area contributed by atoms with E-state index in [0.29, 0.717) is 17.7 Å². The van der Waals surface area contributed by atoms with Crippen LogP contribution in [0.5, 0.6) is 5.75 Å². The zero-order chi connectivity index (χ0) is 24.0. The number of pyridine rings is 1. The number of nitrogens with one attached hydrogen (secondary N) is 2. The second-order valence-electron chi connectivity index (χ2n) is 6.85. The molecule has 2 aromatic heterocycles. The predicted molar refractivity (Wildman–Crippen MR) is 116 cm³/mol. The van der Waals surface area contributed by atoms with Gasteiger partial charge in [-0.3, -0.25) is 4.72 Å². The van der Waals surface area contributed by atoms with Gasteiger partial charge in [0, 0.05) is 31.2 Å². The van der Waals surface area contributed by atoms with Crippen LogP contribution in [0.3, 0.4) is 0 Å². The lowest BCUT2D eigenvalue weighted by Gasteiger charge is -2.13. The Kier molecular flexibility index (Phi) is 7.82. The second-order valence-corrected chi connectivity index (χ2v) is 8.45. The van der Waals surface area contributed by atoms with Gasteiger partial charge in [-0.25, -0.2) is 18.6 Å². The van der Waals surface area contributed by atoms with Crippen molar-refractivity contribution in [2.75, 3.05) is 31.7 Å². The SMILES string of the molecule is CCOC(=O)c1cc2cc(OCCOC)cc(NS(=O)(=O)c3ncccc3CC(F)F)c2[nH]1. The molecule has 0 aliphatic heterocycles. The van der Waals surface area contributed by atoms with Crippen LogP contribution in [0.25, 0.3) is 10.9 Å². The number of anilines is 1. The third kappa shape index (κ3) is 5.96. The minimum absolute atomic E-state index is 0.0455. The van der Waals surface area contributed by atoms with Crippen molar-refractivity contribution in [2.24, 2.45) is 0 Å². The fourth-order valence-corrected chi connectivity index (χ4v) is 4.37. The second kappa shape index (κ2) is 10.6. The first-order chi connectivity index (χ1) is 15.7. The van der Waals surface area contributed by atoms with Gasteiger partial charge in [0.15, 0.2) is 5.03 Å². The van der Waals surface area contributed by atoms with Gasteiger partial charge in [-0.15, -0.1) is 0 Å². The van der Waals surface area contributed by atoms with Crippen molar-refractivity contribution < 1.29 is 36.2 Å². The van der Waals surface area contributed by atoms with Crippen LogP contribution in [-0.2, 0) is 25.9 Å². The fraction of sp³-hybridized carbons (Fsp3) is 0.333. The first-order valence-corrected chi connectivity index (χ1v) is 11.4. The van der Waals surface area contributed by atoms with Crippen molar-refractivity contribution in [1.29, 1.82) is 0 Å². The molecule has 0 saturated heterocycles. The molecule has 0 unspecified atom stereocenters. The van der Waals surface area contributed by atoms with Gasteiger partial charge in [0.05, 0.1) is 24.4 Å². The van der Waals surface area contributed by atoms with Crippen LogP contribution in [0, 0.1) is 0 Å². The van der Waals surface area contributed by atoms with Crippen LogP contribution in [0.2, 0.25) is 0 Å². The first kappa shape index (κ1) is 24.4. The van der Waals surface area contributed by atoms with E-state index in [1.807, 2.05) is 0 Å². The van der Waals surface area contributed by atoms with Crippen LogP contribution in [0.15, 0.2) is 41.6 Å². The highest BCUT2D eigenvalue weighted by atomic mass is 32.2.